The molecule has 0 aromatic rings. The SMILES string of the molecule is C[C@@](O)(/C=C/[C@@H]1CC=CC(=O)O1)[C@@H](C[C@@H](O)\C=C/C=C\C=C\CO)OP(=O)(O)O.[NaH]. The number of phosphoric acid groups is 1. The Balaban J connectivity index is 0.00000841. The van der Waals surface area contributed by atoms with E-state index >= 15 is 0 Å². The molecule has 164 valence electrons. The van der Waals surface area contributed by atoms with Crippen molar-refractivity contribution in [2.24, 2.45) is 0 Å². The summed E-state index contributed by atoms with van der Waals surface area (Å²) >= 11 is 0. The molecular weight excluding hydrogens is 426 g/mol. The van der Waals surface area contributed by atoms with Crippen LogP contribution in [-0.2, 0) is 18.6 Å². The molecule has 11 heteroatoms. The van der Waals surface area contributed by atoms with Gasteiger partial charge in [-0.15, -0.1) is 0 Å². The van der Waals surface area contributed by atoms with E-state index in [4.69, 9.17) is 19.6 Å². The van der Waals surface area contributed by atoms with Crippen molar-refractivity contribution in [1.82, 2.24) is 0 Å². The zero-order chi connectivity index (χ0) is 21.9. The summed E-state index contributed by atoms with van der Waals surface area (Å²) in [5.41, 5.74) is -1.87. The molecular formula is C19H28NaO9P. The molecule has 0 aromatic carbocycles. The van der Waals surface area contributed by atoms with Gasteiger partial charge in [-0.25, -0.2) is 9.36 Å². The molecule has 0 radical (unpaired) electrons. The molecule has 1 aliphatic heterocycles. The third kappa shape index (κ3) is 12.8. The molecule has 0 aromatic heterocycles. The molecule has 0 amide bonds. The predicted molar refractivity (Wildman–Crippen MR) is 113 cm³/mol. The summed E-state index contributed by atoms with van der Waals surface area (Å²) in [6.07, 6.45) is 11.5. The second kappa shape index (κ2) is 14.3. The van der Waals surface area contributed by atoms with Crippen molar-refractivity contribution >= 4 is 43.3 Å². The monoisotopic (exact) mass is 454 g/mol. The van der Waals surface area contributed by atoms with Crippen LogP contribution in [0.4, 0.5) is 0 Å². The zero-order valence-corrected chi connectivity index (χ0v) is 16.8. The van der Waals surface area contributed by atoms with Crippen molar-refractivity contribution in [2.45, 2.75) is 43.7 Å². The predicted octanol–water partition coefficient (Wildman–Crippen LogP) is 0.407. The van der Waals surface area contributed by atoms with E-state index in [0.717, 1.165) is 0 Å². The topological polar surface area (TPSA) is 154 Å². The van der Waals surface area contributed by atoms with Gasteiger partial charge in [-0.2, -0.15) is 0 Å². The number of ether oxygens (including phenoxy) is 1. The van der Waals surface area contributed by atoms with Gasteiger partial charge < -0.3 is 29.8 Å². The van der Waals surface area contributed by atoms with E-state index in [9.17, 15) is 19.6 Å². The van der Waals surface area contributed by atoms with E-state index in [-0.39, 0.29) is 42.6 Å². The Morgan fingerprint density at radius 3 is 2.60 bits per heavy atom. The number of rotatable bonds is 11. The molecule has 1 rings (SSSR count). The van der Waals surface area contributed by atoms with E-state index < -0.39 is 37.7 Å². The van der Waals surface area contributed by atoms with Gasteiger partial charge in [-0.3, -0.25) is 4.52 Å². The van der Waals surface area contributed by atoms with E-state index in [1.165, 1.54) is 43.4 Å². The van der Waals surface area contributed by atoms with Gasteiger partial charge in [0, 0.05) is 18.9 Å². The van der Waals surface area contributed by atoms with Crippen molar-refractivity contribution in [3.05, 3.63) is 60.8 Å². The van der Waals surface area contributed by atoms with E-state index in [1.807, 2.05) is 0 Å². The summed E-state index contributed by atoms with van der Waals surface area (Å²) in [6.45, 7) is 1.16. The van der Waals surface area contributed by atoms with Crippen LogP contribution in [0.15, 0.2) is 60.8 Å². The molecule has 1 aliphatic rings. The first-order valence-corrected chi connectivity index (χ1v) is 10.4. The van der Waals surface area contributed by atoms with Gasteiger partial charge in [0.15, 0.2) is 0 Å². The average Bonchev–Trinajstić information content (AvgIpc) is 2.61. The molecule has 1 heterocycles. The molecule has 4 atom stereocenters. The van der Waals surface area contributed by atoms with Gasteiger partial charge >= 0.3 is 43.3 Å². The fourth-order valence-corrected chi connectivity index (χ4v) is 3.01. The van der Waals surface area contributed by atoms with Gasteiger partial charge in [-0.1, -0.05) is 48.6 Å². The Bertz CT molecular complexity index is 722. The second-order valence-electron chi connectivity index (χ2n) is 6.47. The summed E-state index contributed by atoms with van der Waals surface area (Å²) in [5, 5.41) is 29.4. The van der Waals surface area contributed by atoms with Crippen LogP contribution in [0, 0.1) is 0 Å². The maximum absolute atomic E-state index is 11.3. The van der Waals surface area contributed by atoms with Gasteiger partial charge in [0.1, 0.15) is 17.8 Å². The molecule has 0 bridgehead atoms. The van der Waals surface area contributed by atoms with Crippen LogP contribution in [0.5, 0.6) is 0 Å². The van der Waals surface area contributed by atoms with Gasteiger partial charge in [0.05, 0.1) is 12.7 Å². The molecule has 9 nitrogen and oxygen atoms in total. The fraction of sp³-hybridized carbons (Fsp3) is 0.421. The first-order valence-electron chi connectivity index (χ1n) is 8.85. The van der Waals surface area contributed by atoms with Gasteiger partial charge in [0.2, 0.25) is 0 Å². The average molecular weight is 454 g/mol. The number of allylic oxidation sites excluding steroid dienone is 4. The standard InChI is InChI=1S/C19H27O9P.Na.H/c1-19(23,12-11-16-9-7-10-18(22)27-16)17(28-29(24,25)26)14-15(21)8-5-3-2-4-6-13-20;;/h2-8,10-12,15-17,20-21,23H,9,13-14H2,1H3,(H2,24,25,26);;/b3-2-,6-4+,8-5-,12-11+;;/t15-,16-,17+,19+;;/m0../s1. The van der Waals surface area contributed by atoms with Crippen LogP contribution in [0.1, 0.15) is 19.8 Å². The quantitative estimate of drug-likeness (QED) is 0.0982. The van der Waals surface area contributed by atoms with E-state index in [1.54, 1.807) is 24.3 Å². The Kier molecular flexibility index (Phi) is 13.9. The number of esters is 1. The number of carbonyl (C=O) groups excluding carboxylic acids is 1. The number of carbonyl (C=O) groups is 1. The van der Waals surface area contributed by atoms with Crippen molar-refractivity contribution in [3.8, 4) is 0 Å². The minimum atomic E-state index is -4.96. The Morgan fingerprint density at radius 1 is 1.33 bits per heavy atom. The molecule has 30 heavy (non-hydrogen) atoms. The fourth-order valence-electron chi connectivity index (χ4n) is 2.37. The summed E-state index contributed by atoms with van der Waals surface area (Å²) < 4.78 is 21.0. The number of aliphatic hydroxyl groups is 3. The zero-order valence-electron chi connectivity index (χ0n) is 15.9. The van der Waals surface area contributed by atoms with Gasteiger partial charge in [0.25, 0.3) is 0 Å². The van der Waals surface area contributed by atoms with Crippen LogP contribution < -0.4 is 0 Å². The molecule has 0 aliphatic carbocycles. The summed E-state index contributed by atoms with van der Waals surface area (Å²) in [4.78, 5) is 29.6. The van der Waals surface area contributed by atoms with Crippen LogP contribution in [0.25, 0.3) is 0 Å². The molecule has 5 N–H and O–H groups in total. The number of phosphoric ester groups is 1. The van der Waals surface area contributed by atoms with Crippen molar-refractivity contribution < 1.29 is 43.7 Å². The summed E-state index contributed by atoms with van der Waals surface area (Å²) in [7, 11) is -4.96. The van der Waals surface area contributed by atoms with Crippen molar-refractivity contribution in [3.63, 3.8) is 0 Å². The normalized spacial score (nSPS) is 21.8. The second-order valence-corrected chi connectivity index (χ2v) is 7.66. The van der Waals surface area contributed by atoms with Gasteiger partial charge in [-0.05, 0) is 13.0 Å². The molecule has 0 fully saturated rings. The number of cyclic esters (lactones) is 1. The Hall–Kier alpha value is -0.840. The number of hydrogen-bond acceptors (Lipinski definition) is 7. The van der Waals surface area contributed by atoms with Crippen LogP contribution in [0.3, 0.4) is 0 Å². The Labute approximate surface area is 197 Å². The third-order valence-electron chi connectivity index (χ3n) is 3.82. The molecule has 0 saturated carbocycles. The molecule has 0 spiro atoms. The molecule has 0 unspecified atom stereocenters. The van der Waals surface area contributed by atoms with Crippen LogP contribution in [0.2, 0.25) is 0 Å². The third-order valence-corrected chi connectivity index (χ3v) is 4.35. The van der Waals surface area contributed by atoms with Crippen molar-refractivity contribution in [1.29, 1.82) is 0 Å². The van der Waals surface area contributed by atoms with Crippen LogP contribution >= 0.6 is 7.82 Å². The maximum atomic E-state index is 11.3. The number of hydrogen-bond donors (Lipinski definition) is 5. The number of aliphatic hydroxyl groups excluding tert-OH is 2. The van der Waals surface area contributed by atoms with E-state index in [0.29, 0.717) is 6.42 Å². The summed E-state index contributed by atoms with van der Waals surface area (Å²) in [6, 6.07) is 0. The molecule has 0 saturated heterocycles. The minimum absolute atomic E-state index is 0. The Morgan fingerprint density at radius 2 is 2.00 bits per heavy atom. The first kappa shape index (κ1) is 29.2. The van der Waals surface area contributed by atoms with Crippen molar-refractivity contribution in [2.75, 3.05) is 6.61 Å². The summed E-state index contributed by atoms with van der Waals surface area (Å²) in [5.74, 6) is -0.531. The first-order chi connectivity index (χ1) is 13.5. The van der Waals surface area contributed by atoms with Crippen LogP contribution in [-0.4, -0.2) is 91.2 Å². The van der Waals surface area contributed by atoms with E-state index in [2.05, 4.69) is 4.52 Å².